The summed E-state index contributed by atoms with van der Waals surface area (Å²) in [4.78, 5) is 15.1. The van der Waals surface area contributed by atoms with Gasteiger partial charge < -0.3 is 4.57 Å². The molecular weight excluding hydrogens is 221 g/mol. The Morgan fingerprint density at radius 1 is 1.53 bits per heavy atom. The van der Waals surface area contributed by atoms with Gasteiger partial charge in [-0.25, -0.2) is 9.37 Å². The van der Waals surface area contributed by atoms with Crippen LogP contribution in [0.1, 0.15) is 16.1 Å². The van der Waals surface area contributed by atoms with Crippen LogP contribution in [0.15, 0.2) is 30.7 Å². The highest BCUT2D eigenvalue weighted by molar-refractivity contribution is 6.07. The summed E-state index contributed by atoms with van der Waals surface area (Å²) in [6, 6.07) is 5.36. The molecule has 0 N–H and O–H groups in total. The highest BCUT2D eigenvalue weighted by Crippen LogP contribution is 2.15. The predicted molar refractivity (Wildman–Crippen MR) is 58.2 cm³/mol. The summed E-state index contributed by atoms with van der Waals surface area (Å²) in [5.74, 6) is -1.32. The topological polar surface area (TPSA) is 58.7 Å². The lowest BCUT2D eigenvalue weighted by Crippen LogP contribution is -2.00. The van der Waals surface area contributed by atoms with Gasteiger partial charge in [0, 0.05) is 11.8 Å². The summed E-state index contributed by atoms with van der Waals surface area (Å²) in [6.45, 7) is 1.79. The van der Waals surface area contributed by atoms with Gasteiger partial charge in [0.2, 0.25) is 0 Å². The molecule has 0 atom stereocenters. The maximum Gasteiger partial charge on any atom is 0.262 e. The van der Waals surface area contributed by atoms with Gasteiger partial charge in [0.1, 0.15) is 11.9 Å². The lowest BCUT2D eigenvalue weighted by atomic mass is 10.1. The summed E-state index contributed by atoms with van der Waals surface area (Å²) in [5, 5.41) is 8.43. The van der Waals surface area contributed by atoms with E-state index in [0.717, 1.165) is 11.8 Å². The summed E-state index contributed by atoms with van der Waals surface area (Å²) in [6.07, 6.45) is 3.16. The van der Waals surface area contributed by atoms with Crippen molar-refractivity contribution in [3.8, 4) is 11.8 Å². The molecule has 1 heterocycles. The molecule has 0 unspecified atom stereocenters. The van der Waals surface area contributed by atoms with Crippen LogP contribution in [0.3, 0.4) is 0 Å². The molecule has 0 spiro atoms. The van der Waals surface area contributed by atoms with E-state index < -0.39 is 11.6 Å². The molecule has 0 aliphatic heterocycles. The first-order chi connectivity index (χ1) is 8.11. The average Bonchev–Trinajstić information content (AvgIpc) is 2.74. The third-order valence-corrected chi connectivity index (χ3v) is 2.30. The fraction of sp³-hybridized carbons (Fsp3) is 0.0833. The Morgan fingerprint density at radius 3 is 2.82 bits per heavy atom. The molecule has 0 aliphatic carbocycles. The number of carbonyl (C=O) groups is 1. The number of rotatable bonds is 2. The summed E-state index contributed by atoms with van der Waals surface area (Å²) >= 11 is 0. The van der Waals surface area contributed by atoms with Crippen molar-refractivity contribution in [2.24, 2.45) is 0 Å². The number of hydrogen-bond donors (Lipinski definition) is 0. The Morgan fingerprint density at radius 2 is 2.29 bits per heavy atom. The van der Waals surface area contributed by atoms with E-state index in [1.54, 1.807) is 13.1 Å². The molecule has 1 aromatic carbocycles. The van der Waals surface area contributed by atoms with E-state index in [0.29, 0.717) is 5.69 Å². The van der Waals surface area contributed by atoms with E-state index in [1.165, 1.54) is 29.1 Å². The number of halogens is 1. The second-order valence-corrected chi connectivity index (χ2v) is 3.53. The van der Waals surface area contributed by atoms with Gasteiger partial charge in [0.25, 0.3) is 5.78 Å². The third kappa shape index (κ3) is 2.06. The highest BCUT2D eigenvalue weighted by Gasteiger charge is 2.10. The molecule has 0 radical (unpaired) electrons. The van der Waals surface area contributed by atoms with Crippen molar-refractivity contribution < 1.29 is 9.18 Å². The highest BCUT2D eigenvalue weighted by atomic mass is 19.1. The molecule has 17 heavy (non-hydrogen) atoms. The number of ketones is 1. The minimum absolute atomic E-state index is 0.0468. The lowest BCUT2D eigenvalue weighted by molar-refractivity contribution is 0.105. The van der Waals surface area contributed by atoms with E-state index in [-0.39, 0.29) is 5.56 Å². The Kier molecular flexibility index (Phi) is 2.71. The Bertz CT molecular complexity index is 625. The van der Waals surface area contributed by atoms with Gasteiger partial charge in [-0.15, -0.1) is 0 Å². The molecule has 2 aromatic rings. The van der Waals surface area contributed by atoms with Crippen molar-refractivity contribution in [2.75, 3.05) is 0 Å². The number of imidazole rings is 1. The molecule has 5 heteroatoms. The summed E-state index contributed by atoms with van der Waals surface area (Å²) < 4.78 is 15.3. The number of carbonyl (C=O) groups excluding carboxylic acids is 1. The van der Waals surface area contributed by atoms with Gasteiger partial charge in [-0.05, 0) is 25.1 Å². The molecule has 0 saturated carbocycles. The van der Waals surface area contributed by atoms with Crippen molar-refractivity contribution in [1.82, 2.24) is 9.55 Å². The van der Waals surface area contributed by atoms with Crippen LogP contribution in [0, 0.1) is 24.1 Å². The van der Waals surface area contributed by atoms with Crippen LogP contribution in [-0.4, -0.2) is 15.3 Å². The van der Waals surface area contributed by atoms with Crippen LogP contribution >= 0.6 is 0 Å². The number of aryl methyl sites for hydroxylation is 1. The normalized spacial score (nSPS) is 9.94. The van der Waals surface area contributed by atoms with Crippen molar-refractivity contribution in [3.63, 3.8) is 0 Å². The van der Waals surface area contributed by atoms with Crippen LogP contribution in [0.25, 0.3) is 5.69 Å². The van der Waals surface area contributed by atoms with Crippen LogP contribution in [-0.2, 0) is 0 Å². The zero-order valence-electron chi connectivity index (χ0n) is 9.01. The second kappa shape index (κ2) is 4.18. The van der Waals surface area contributed by atoms with Crippen molar-refractivity contribution in [2.45, 2.75) is 6.92 Å². The van der Waals surface area contributed by atoms with E-state index in [9.17, 15) is 9.18 Å². The number of Topliss-reactive ketones (excluding diaryl/α,β-unsaturated/α-hetero) is 1. The first-order valence-corrected chi connectivity index (χ1v) is 4.87. The van der Waals surface area contributed by atoms with E-state index in [4.69, 9.17) is 5.26 Å². The van der Waals surface area contributed by atoms with Crippen LogP contribution in [0.5, 0.6) is 0 Å². The lowest BCUT2D eigenvalue weighted by Gasteiger charge is -2.04. The molecule has 84 valence electrons. The zero-order valence-corrected chi connectivity index (χ0v) is 9.01. The van der Waals surface area contributed by atoms with Gasteiger partial charge in [0.15, 0.2) is 0 Å². The second-order valence-electron chi connectivity index (χ2n) is 3.53. The van der Waals surface area contributed by atoms with E-state index in [1.807, 2.05) is 0 Å². The molecule has 0 bridgehead atoms. The molecule has 0 aliphatic rings. The maximum atomic E-state index is 13.7. The number of benzene rings is 1. The van der Waals surface area contributed by atoms with Gasteiger partial charge in [-0.3, -0.25) is 4.79 Å². The Hall–Kier alpha value is -2.48. The molecule has 0 amide bonds. The first-order valence-electron chi connectivity index (χ1n) is 4.87. The molecule has 0 saturated heterocycles. The minimum Gasteiger partial charge on any atom is -0.303 e. The summed E-state index contributed by atoms with van der Waals surface area (Å²) in [7, 11) is 0. The fourth-order valence-corrected chi connectivity index (χ4v) is 1.48. The number of nitrogens with zero attached hydrogens (tertiary/aromatic N) is 3. The van der Waals surface area contributed by atoms with Crippen molar-refractivity contribution in [3.05, 3.63) is 47.8 Å². The number of nitriles is 1. The number of aromatic nitrogens is 2. The van der Waals surface area contributed by atoms with Gasteiger partial charge in [-0.1, -0.05) is 0 Å². The summed E-state index contributed by atoms with van der Waals surface area (Å²) in [5.41, 5.74) is 1.10. The smallest absolute Gasteiger partial charge is 0.262 e. The third-order valence-electron chi connectivity index (χ3n) is 2.30. The molecule has 0 fully saturated rings. The van der Waals surface area contributed by atoms with Crippen LogP contribution in [0.2, 0.25) is 0 Å². The standard InChI is InChI=1S/C12H8FN3O/c1-8-6-16(7-15-8)11-3-2-9(4-10(11)13)12(17)5-14/h2-4,6-7H,1H3. The molecule has 1 aromatic heterocycles. The Balaban J connectivity index is 2.46. The maximum absolute atomic E-state index is 13.7. The zero-order chi connectivity index (χ0) is 12.4. The Labute approximate surface area is 96.9 Å². The van der Waals surface area contributed by atoms with Gasteiger partial charge in [-0.2, -0.15) is 5.26 Å². The SMILES string of the molecule is Cc1cn(-c2ccc(C(=O)C#N)cc2F)cn1. The van der Waals surface area contributed by atoms with Gasteiger partial charge in [0.05, 0.1) is 17.7 Å². The molecule has 2 rings (SSSR count). The van der Waals surface area contributed by atoms with Crippen LogP contribution < -0.4 is 0 Å². The van der Waals surface area contributed by atoms with E-state index >= 15 is 0 Å². The average molecular weight is 229 g/mol. The predicted octanol–water partition coefficient (Wildman–Crippen LogP) is 2.03. The monoisotopic (exact) mass is 229 g/mol. The van der Waals surface area contributed by atoms with Gasteiger partial charge >= 0.3 is 0 Å². The first kappa shape index (κ1) is 11.0. The quantitative estimate of drug-likeness (QED) is 0.584. The number of hydrogen-bond acceptors (Lipinski definition) is 3. The fourth-order valence-electron chi connectivity index (χ4n) is 1.48. The van der Waals surface area contributed by atoms with E-state index in [2.05, 4.69) is 4.98 Å². The largest absolute Gasteiger partial charge is 0.303 e. The van der Waals surface area contributed by atoms with Crippen molar-refractivity contribution in [1.29, 1.82) is 5.26 Å². The van der Waals surface area contributed by atoms with Crippen molar-refractivity contribution >= 4 is 5.78 Å². The van der Waals surface area contributed by atoms with Crippen LogP contribution in [0.4, 0.5) is 4.39 Å². The minimum atomic E-state index is -0.753. The molecule has 4 nitrogen and oxygen atoms in total. The molecular formula is C12H8FN3O.